The monoisotopic (exact) mass is 301 g/mol. The van der Waals surface area contributed by atoms with Gasteiger partial charge in [-0.3, -0.25) is 0 Å². The number of hydrogen-bond donors (Lipinski definition) is 0. The molecule has 1 aromatic carbocycles. The zero-order chi connectivity index (χ0) is 16.0. The van der Waals surface area contributed by atoms with E-state index in [1.165, 1.54) is 0 Å². The fourth-order valence-electron chi connectivity index (χ4n) is 3.33. The van der Waals surface area contributed by atoms with Crippen LogP contribution in [0.3, 0.4) is 0 Å². The average molecular weight is 302 g/mol. The maximum Gasteiger partial charge on any atom is 0.256 e. The summed E-state index contributed by atoms with van der Waals surface area (Å²) in [6, 6.07) is 9.77. The van der Waals surface area contributed by atoms with Crippen LogP contribution in [0.2, 0.25) is 16.6 Å². The van der Waals surface area contributed by atoms with Crippen molar-refractivity contribution in [3.8, 4) is 0 Å². The van der Waals surface area contributed by atoms with Crippen molar-refractivity contribution in [2.75, 3.05) is 0 Å². The molecule has 0 amide bonds. The lowest BCUT2D eigenvalue weighted by atomic mass is 10.2. The van der Waals surface area contributed by atoms with Crippen molar-refractivity contribution in [3.05, 3.63) is 53.6 Å². The molecule has 0 spiro atoms. The zero-order valence-electron chi connectivity index (χ0n) is 14.1. The van der Waals surface area contributed by atoms with E-state index in [4.69, 9.17) is 11.0 Å². The summed E-state index contributed by atoms with van der Waals surface area (Å²) in [7, 11) is -1.96. The first-order chi connectivity index (χ1) is 9.86. The van der Waals surface area contributed by atoms with Gasteiger partial charge in [0.2, 0.25) is 5.70 Å². The van der Waals surface area contributed by atoms with Crippen molar-refractivity contribution in [2.45, 2.75) is 58.2 Å². The molecule has 0 aliphatic rings. The molecule has 0 atom stereocenters. The van der Waals surface area contributed by atoms with Gasteiger partial charge in [-0.2, -0.15) is 0 Å². The van der Waals surface area contributed by atoms with Gasteiger partial charge in [-0.05, 0) is 22.2 Å². The molecule has 0 aromatic heterocycles. The van der Waals surface area contributed by atoms with Gasteiger partial charge in [-0.25, -0.2) is 4.85 Å². The van der Waals surface area contributed by atoms with Crippen LogP contribution in [-0.4, -0.2) is 8.32 Å². The summed E-state index contributed by atoms with van der Waals surface area (Å²) in [6.07, 6.45) is 1.72. The van der Waals surface area contributed by atoms with E-state index >= 15 is 0 Å². The molecule has 21 heavy (non-hydrogen) atoms. The smallest absolute Gasteiger partial charge is 0.256 e. The van der Waals surface area contributed by atoms with Gasteiger partial charge >= 0.3 is 0 Å². The van der Waals surface area contributed by atoms with Crippen molar-refractivity contribution in [3.63, 3.8) is 0 Å². The Morgan fingerprint density at radius 2 is 1.48 bits per heavy atom. The summed E-state index contributed by atoms with van der Waals surface area (Å²) < 4.78 is 6.38. The van der Waals surface area contributed by atoms with Gasteiger partial charge in [-0.1, -0.05) is 71.9 Å². The van der Waals surface area contributed by atoms with Crippen LogP contribution in [0.15, 0.2) is 36.6 Å². The van der Waals surface area contributed by atoms with Gasteiger partial charge in [0.25, 0.3) is 8.32 Å². The Morgan fingerprint density at radius 3 is 1.86 bits per heavy atom. The summed E-state index contributed by atoms with van der Waals surface area (Å²) in [5, 5.41) is 0. The predicted octanol–water partition coefficient (Wildman–Crippen LogP) is 6.10. The van der Waals surface area contributed by atoms with E-state index in [1.54, 1.807) is 6.26 Å². The lowest BCUT2D eigenvalue weighted by Gasteiger charge is -2.41. The Hall–Kier alpha value is -1.53. The first-order valence-electron chi connectivity index (χ1n) is 7.67. The Kier molecular flexibility index (Phi) is 6.23. The van der Waals surface area contributed by atoms with Crippen molar-refractivity contribution >= 4 is 14.0 Å². The maximum atomic E-state index is 7.42. The summed E-state index contributed by atoms with van der Waals surface area (Å²) in [6.45, 7) is 20.9. The average Bonchev–Trinajstić information content (AvgIpc) is 2.43. The van der Waals surface area contributed by atoms with Crippen LogP contribution in [0.25, 0.3) is 10.5 Å². The predicted molar refractivity (Wildman–Crippen MR) is 93.2 cm³/mol. The molecule has 0 fully saturated rings. The van der Waals surface area contributed by atoms with Crippen LogP contribution in [0.1, 0.15) is 47.1 Å². The van der Waals surface area contributed by atoms with E-state index in [9.17, 15) is 0 Å². The molecule has 114 valence electrons. The van der Waals surface area contributed by atoms with Crippen LogP contribution in [-0.2, 0) is 4.43 Å². The molecule has 0 saturated carbocycles. The lowest BCUT2D eigenvalue weighted by Crippen LogP contribution is -2.46. The first kappa shape index (κ1) is 17.5. The highest BCUT2D eigenvalue weighted by Gasteiger charge is 2.46. The second-order valence-electron chi connectivity index (χ2n) is 6.42. The fourth-order valence-corrected chi connectivity index (χ4v) is 8.47. The number of hydrogen-bond acceptors (Lipinski definition) is 1. The minimum Gasteiger partial charge on any atom is -0.556 e. The Morgan fingerprint density at radius 1 is 1.00 bits per heavy atom. The lowest BCUT2D eigenvalue weighted by molar-refractivity contribution is 0.418. The van der Waals surface area contributed by atoms with E-state index in [1.807, 2.05) is 30.3 Å². The van der Waals surface area contributed by atoms with Crippen LogP contribution in [0, 0.1) is 6.57 Å². The summed E-state index contributed by atoms with van der Waals surface area (Å²) in [4.78, 5) is 3.65. The molecule has 0 saturated heterocycles. The second-order valence-corrected chi connectivity index (χ2v) is 11.8. The molecule has 0 aliphatic heterocycles. The zero-order valence-corrected chi connectivity index (χ0v) is 15.1. The fraction of sp³-hybridized carbons (Fsp3) is 0.500. The molecule has 0 unspecified atom stereocenters. The SMILES string of the molecule is [C-]#[N+]/C(=C\O[Si](C(C)C)(C(C)C)C(C)C)c1ccccc1. The molecule has 0 N–H and O–H groups in total. The minimum atomic E-state index is -1.96. The molecule has 3 heteroatoms. The van der Waals surface area contributed by atoms with Crippen molar-refractivity contribution in [2.24, 2.45) is 0 Å². The first-order valence-corrected chi connectivity index (χ1v) is 9.81. The van der Waals surface area contributed by atoms with Gasteiger partial charge in [-0.15, -0.1) is 0 Å². The number of nitrogens with zero attached hydrogens (tertiary/aromatic N) is 1. The molecule has 2 nitrogen and oxygen atoms in total. The normalized spacial score (nSPS) is 12.9. The maximum absolute atomic E-state index is 7.42. The molecular weight excluding hydrogens is 274 g/mol. The van der Waals surface area contributed by atoms with Crippen molar-refractivity contribution < 1.29 is 4.43 Å². The molecule has 0 bridgehead atoms. The third-order valence-electron chi connectivity index (χ3n) is 4.27. The van der Waals surface area contributed by atoms with Gasteiger partial charge < -0.3 is 4.43 Å². The highest BCUT2D eigenvalue weighted by Crippen LogP contribution is 2.42. The highest BCUT2D eigenvalue weighted by atomic mass is 28.4. The van der Waals surface area contributed by atoms with Crippen LogP contribution in [0.5, 0.6) is 0 Å². The van der Waals surface area contributed by atoms with Gasteiger partial charge in [0.15, 0.2) is 0 Å². The van der Waals surface area contributed by atoms with E-state index in [2.05, 4.69) is 46.4 Å². The Bertz CT molecular complexity index is 490. The largest absolute Gasteiger partial charge is 0.556 e. The molecule has 0 aliphatic carbocycles. The topological polar surface area (TPSA) is 13.6 Å². The van der Waals surface area contributed by atoms with Crippen LogP contribution >= 0.6 is 0 Å². The third kappa shape index (κ3) is 3.77. The van der Waals surface area contributed by atoms with E-state index in [0.29, 0.717) is 22.3 Å². The van der Waals surface area contributed by atoms with Gasteiger partial charge in [0, 0.05) is 0 Å². The van der Waals surface area contributed by atoms with Crippen molar-refractivity contribution in [1.29, 1.82) is 0 Å². The highest BCUT2D eigenvalue weighted by molar-refractivity contribution is 6.77. The molecule has 0 radical (unpaired) electrons. The summed E-state index contributed by atoms with van der Waals surface area (Å²) in [5.41, 5.74) is 3.05. The Balaban J connectivity index is 3.15. The molecule has 0 heterocycles. The quantitative estimate of drug-likeness (QED) is 0.352. The molecular formula is C18H27NOSi. The van der Waals surface area contributed by atoms with Gasteiger partial charge in [0.05, 0.1) is 12.8 Å². The minimum absolute atomic E-state index is 0.511. The molecule has 1 rings (SSSR count). The van der Waals surface area contributed by atoms with Gasteiger partial charge in [0.1, 0.15) is 0 Å². The Labute approximate surface area is 130 Å². The second kappa shape index (κ2) is 7.47. The van der Waals surface area contributed by atoms with E-state index in [0.717, 1.165) is 5.56 Å². The van der Waals surface area contributed by atoms with E-state index < -0.39 is 8.32 Å². The van der Waals surface area contributed by atoms with Crippen LogP contribution in [0.4, 0.5) is 0 Å². The van der Waals surface area contributed by atoms with Crippen molar-refractivity contribution in [1.82, 2.24) is 0 Å². The third-order valence-corrected chi connectivity index (χ3v) is 10.2. The number of rotatable bonds is 6. The summed E-state index contributed by atoms with van der Waals surface area (Å²) >= 11 is 0. The standard InChI is InChI=1S/C18H27NOSi/c1-14(2)21(15(3)4,16(5)6)20-13-18(19-7)17-11-9-8-10-12-17/h8-16H,1-6H3/b18-13-. The molecule has 1 aromatic rings. The summed E-state index contributed by atoms with van der Waals surface area (Å²) in [5.74, 6) is 0. The number of benzene rings is 1. The van der Waals surface area contributed by atoms with E-state index in [-0.39, 0.29) is 0 Å². The van der Waals surface area contributed by atoms with Crippen LogP contribution < -0.4 is 0 Å².